The van der Waals surface area contributed by atoms with Gasteiger partial charge in [0.05, 0.1) is 11.1 Å². The van der Waals surface area contributed by atoms with Crippen LogP contribution in [0.25, 0.3) is 0 Å². The molecule has 1 aliphatic heterocycles. The maximum absolute atomic E-state index is 12.9. The molecule has 0 aliphatic carbocycles. The molecule has 0 bridgehead atoms. The van der Waals surface area contributed by atoms with Gasteiger partial charge in [0.25, 0.3) is 5.91 Å². The van der Waals surface area contributed by atoms with Gasteiger partial charge < -0.3 is 10.6 Å². The van der Waals surface area contributed by atoms with Crippen molar-refractivity contribution in [3.63, 3.8) is 0 Å². The van der Waals surface area contributed by atoms with Crippen LogP contribution in [0.4, 0.5) is 13.2 Å². The Balaban J connectivity index is 0.00000220. The number of benzene rings is 1. The lowest BCUT2D eigenvalue weighted by Gasteiger charge is -2.15. The summed E-state index contributed by atoms with van der Waals surface area (Å²) in [7, 11) is 0. The first-order chi connectivity index (χ1) is 9.38. The van der Waals surface area contributed by atoms with Gasteiger partial charge in [-0.2, -0.15) is 13.2 Å². The number of hydrogen-bond donors (Lipinski definition) is 2. The summed E-state index contributed by atoms with van der Waals surface area (Å²) in [5.74, 6) is -0.696. The van der Waals surface area contributed by atoms with Crippen LogP contribution in [0.1, 0.15) is 28.8 Å². The zero-order valence-electron chi connectivity index (χ0n) is 11.0. The molecular formula is C13H15BrClF3N2O. The average molecular weight is 388 g/mol. The van der Waals surface area contributed by atoms with Crippen LogP contribution in [-0.2, 0) is 6.18 Å². The van der Waals surface area contributed by atoms with Gasteiger partial charge in [-0.3, -0.25) is 4.79 Å². The van der Waals surface area contributed by atoms with Gasteiger partial charge >= 0.3 is 6.18 Å². The second-order valence-electron chi connectivity index (χ2n) is 4.69. The van der Waals surface area contributed by atoms with Crippen molar-refractivity contribution in [2.75, 3.05) is 13.1 Å². The van der Waals surface area contributed by atoms with Gasteiger partial charge in [-0.25, -0.2) is 0 Å². The molecule has 118 valence electrons. The van der Waals surface area contributed by atoms with Gasteiger partial charge in [0.1, 0.15) is 0 Å². The van der Waals surface area contributed by atoms with E-state index >= 15 is 0 Å². The van der Waals surface area contributed by atoms with Crippen LogP contribution >= 0.6 is 28.3 Å². The molecule has 1 aliphatic rings. The predicted molar refractivity (Wildman–Crippen MR) is 79.7 cm³/mol. The van der Waals surface area contributed by atoms with Crippen molar-refractivity contribution >= 4 is 34.2 Å². The molecule has 1 saturated heterocycles. The Morgan fingerprint density at radius 2 is 2.14 bits per heavy atom. The summed E-state index contributed by atoms with van der Waals surface area (Å²) >= 11 is 2.99. The maximum Gasteiger partial charge on any atom is 0.417 e. The molecule has 0 spiro atoms. The van der Waals surface area contributed by atoms with E-state index in [0.29, 0.717) is 11.0 Å². The summed E-state index contributed by atoms with van der Waals surface area (Å²) in [6.07, 6.45) is -2.61. The van der Waals surface area contributed by atoms with E-state index in [4.69, 9.17) is 0 Å². The summed E-state index contributed by atoms with van der Waals surface area (Å²) in [4.78, 5) is 11.9. The molecule has 2 rings (SSSR count). The van der Waals surface area contributed by atoms with Crippen LogP contribution in [-0.4, -0.2) is 25.0 Å². The van der Waals surface area contributed by atoms with Crippen LogP contribution < -0.4 is 10.6 Å². The van der Waals surface area contributed by atoms with Gasteiger partial charge in [0.2, 0.25) is 0 Å². The zero-order valence-corrected chi connectivity index (χ0v) is 13.4. The quantitative estimate of drug-likeness (QED) is 0.835. The van der Waals surface area contributed by atoms with E-state index in [-0.39, 0.29) is 24.0 Å². The zero-order chi connectivity index (χ0) is 14.8. The highest BCUT2D eigenvalue weighted by Crippen LogP contribution is 2.33. The molecule has 1 aromatic rings. The molecule has 1 aromatic carbocycles. The Labute approximate surface area is 135 Å². The van der Waals surface area contributed by atoms with Crippen molar-refractivity contribution in [3.8, 4) is 0 Å². The molecule has 3 nitrogen and oxygen atoms in total. The van der Waals surface area contributed by atoms with E-state index in [1.54, 1.807) is 0 Å². The lowest BCUT2D eigenvalue weighted by Crippen LogP contribution is -2.37. The van der Waals surface area contributed by atoms with Crippen LogP contribution in [0.5, 0.6) is 0 Å². The Morgan fingerprint density at radius 1 is 1.43 bits per heavy atom. The summed E-state index contributed by atoms with van der Waals surface area (Å²) < 4.78 is 39.0. The number of carbonyl (C=O) groups excluding carboxylic acids is 1. The minimum Gasteiger partial charge on any atom is -0.350 e. The largest absolute Gasteiger partial charge is 0.417 e. The third-order valence-corrected chi connectivity index (χ3v) is 3.70. The number of rotatable bonds is 3. The molecule has 1 atom stereocenters. The minimum atomic E-state index is -4.55. The number of carbonyl (C=O) groups is 1. The smallest absolute Gasteiger partial charge is 0.350 e. The molecule has 1 amide bonds. The first-order valence-electron chi connectivity index (χ1n) is 6.26. The Bertz CT molecular complexity index is 505. The van der Waals surface area contributed by atoms with Crippen molar-refractivity contribution in [1.29, 1.82) is 0 Å². The Kier molecular flexibility index (Phi) is 6.49. The molecule has 8 heteroatoms. The number of nitrogens with one attached hydrogen (secondary N) is 2. The lowest BCUT2D eigenvalue weighted by molar-refractivity contribution is -0.138. The van der Waals surface area contributed by atoms with E-state index in [9.17, 15) is 18.0 Å². The summed E-state index contributed by atoms with van der Waals surface area (Å²) in [5.41, 5.74) is -1.28. The first-order valence-corrected chi connectivity index (χ1v) is 7.05. The average Bonchev–Trinajstić information content (AvgIpc) is 2.88. The molecule has 0 radical (unpaired) electrons. The molecule has 1 unspecified atom stereocenters. The second-order valence-corrected chi connectivity index (χ2v) is 5.61. The van der Waals surface area contributed by atoms with Gasteiger partial charge in [0, 0.05) is 17.1 Å². The second kappa shape index (κ2) is 7.47. The van der Waals surface area contributed by atoms with Gasteiger partial charge in [-0.15, -0.1) is 12.4 Å². The fourth-order valence-electron chi connectivity index (χ4n) is 2.19. The van der Waals surface area contributed by atoms with Crippen LogP contribution in [0.15, 0.2) is 22.7 Å². The SMILES string of the molecule is Cl.O=C(NCC1CCCN1)c1ccc(Br)cc1C(F)(F)F. The topological polar surface area (TPSA) is 41.1 Å². The van der Waals surface area contributed by atoms with Gasteiger partial charge in [0.15, 0.2) is 0 Å². The van der Waals surface area contributed by atoms with Crippen molar-refractivity contribution in [2.24, 2.45) is 0 Å². The lowest BCUT2D eigenvalue weighted by atomic mass is 10.1. The molecule has 0 saturated carbocycles. The fraction of sp³-hybridized carbons (Fsp3) is 0.462. The van der Waals surface area contributed by atoms with E-state index in [1.165, 1.54) is 12.1 Å². The molecule has 0 aromatic heterocycles. The van der Waals surface area contributed by atoms with Gasteiger partial charge in [-0.1, -0.05) is 15.9 Å². The van der Waals surface area contributed by atoms with Crippen LogP contribution in [0.3, 0.4) is 0 Å². The van der Waals surface area contributed by atoms with Crippen molar-refractivity contribution in [2.45, 2.75) is 25.1 Å². The third kappa shape index (κ3) is 4.86. The minimum absolute atomic E-state index is 0. The Morgan fingerprint density at radius 3 is 2.71 bits per heavy atom. The number of amides is 1. The van der Waals surface area contributed by atoms with Crippen molar-refractivity contribution < 1.29 is 18.0 Å². The standard InChI is InChI=1S/C13H14BrF3N2O.ClH/c14-8-3-4-10(11(6-8)13(15,16)17)12(20)19-7-9-2-1-5-18-9;/h3-4,6,9,18H,1-2,5,7H2,(H,19,20);1H. The molecule has 2 N–H and O–H groups in total. The maximum atomic E-state index is 12.9. The molecule has 21 heavy (non-hydrogen) atoms. The molecule has 1 fully saturated rings. The number of hydrogen-bond acceptors (Lipinski definition) is 2. The highest BCUT2D eigenvalue weighted by molar-refractivity contribution is 9.10. The Hall–Kier alpha value is -0.790. The van der Waals surface area contributed by atoms with E-state index in [1.807, 2.05) is 0 Å². The monoisotopic (exact) mass is 386 g/mol. The fourth-order valence-corrected chi connectivity index (χ4v) is 2.55. The van der Waals surface area contributed by atoms with E-state index in [2.05, 4.69) is 26.6 Å². The van der Waals surface area contributed by atoms with Crippen molar-refractivity contribution in [1.82, 2.24) is 10.6 Å². The van der Waals surface area contributed by atoms with Crippen molar-refractivity contribution in [3.05, 3.63) is 33.8 Å². The normalized spacial score (nSPS) is 18.2. The number of halogens is 5. The third-order valence-electron chi connectivity index (χ3n) is 3.20. The number of alkyl halides is 3. The van der Waals surface area contributed by atoms with Crippen LogP contribution in [0, 0.1) is 0 Å². The summed E-state index contributed by atoms with van der Waals surface area (Å²) in [5, 5.41) is 5.73. The molecular weight excluding hydrogens is 373 g/mol. The van der Waals surface area contributed by atoms with E-state index in [0.717, 1.165) is 25.5 Å². The highest BCUT2D eigenvalue weighted by atomic mass is 79.9. The summed E-state index contributed by atoms with van der Waals surface area (Å²) in [6, 6.07) is 3.68. The van der Waals surface area contributed by atoms with Crippen LogP contribution in [0.2, 0.25) is 0 Å². The predicted octanol–water partition coefficient (Wildman–Crippen LogP) is 3.37. The summed E-state index contributed by atoms with van der Waals surface area (Å²) in [6.45, 7) is 1.22. The first kappa shape index (κ1) is 18.3. The van der Waals surface area contributed by atoms with E-state index < -0.39 is 17.6 Å². The highest BCUT2D eigenvalue weighted by Gasteiger charge is 2.35. The molecule has 1 heterocycles. The van der Waals surface area contributed by atoms with Gasteiger partial charge in [-0.05, 0) is 37.6 Å².